The fourth-order valence-corrected chi connectivity index (χ4v) is 1.25. The van der Waals surface area contributed by atoms with Crippen molar-refractivity contribution in [3.8, 4) is 0 Å². The Balaban J connectivity index is 0.000000391. The van der Waals surface area contributed by atoms with Crippen LogP contribution >= 0.6 is 0 Å². The second-order valence-electron chi connectivity index (χ2n) is 4.61. The lowest BCUT2D eigenvalue weighted by Gasteiger charge is -2.07. The van der Waals surface area contributed by atoms with Gasteiger partial charge in [-0.3, -0.25) is 0 Å². The first-order valence-corrected chi connectivity index (χ1v) is 7.18. The maximum absolute atomic E-state index is 10.1. The predicted octanol–water partition coefficient (Wildman–Crippen LogP) is -0.563. The largest absolute Gasteiger partial charge is 0.479 e. The van der Waals surface area contributed by atoms with E-state index < -0.39 is 36.1 Å². The van der Waals surface area contributed by atoms with Crippen LogP contribution in [-0.4, -0.2) is 76.7 Å². The minimum atomic E-state index is -2.27. The Bertz CT molecular complexity index is 715. The van der Waals surface area contributed by atoms with Crippen molar-refractivity contribution in [2.45, 2.75) is 12.2 Å². The van der Waals surface area contributed by atoms with Gasteiger partial charge >= 0.3 is 23.9 Å². The zero-order valence-corrected chi connectivity index (χ0v) is 14.0. The van der Waals surface area contributed by atoms with Crippen molar-refractivity contribution < 1.29 is 49.8 Å². The third kappa shape index (κ3) is 9.55. The molecule has 0 aliphatic rings. The summed E-state index contributed by atoms with van der Waals surface area (Å²) in [5.74, 6) is -5.52. The summed E-state index contributed by atoms with van der Waals surface area (Å²) in [7, 11) is 0. The Morgan fingerprint density at radius 1 is 0.643 bits per heavy atom. The van der Waals surface area contributed by atoms with Gasteiger partial charge in [0.2, 0.25) is 0 Å². The molecule has 2 aromatic rings. The number of carbonyl (C=O) groups is 4. The zero-order valence-electron chi connectivity index (χ0n) is 14.0. The van der Waals surface area contributed by atoms with Gasteiger partial charge in [-0.15, -0.1) is 0 Å². The Morgan fingerprint density at radius 2 is 0.964 bits per heavy atom. The summed E-state index contributed by atoms with van der Waals surface area (Å²) in [5.41, 5.74) is 0.162. The molecule has 12 heteroatoms. The number of carboxylic acids is 4. The molecule has 0 bridgehead atoms. The molecule has 28 heavy (non-hydrogen) atoms. The number of aromatic nitrogens is 2. The van der Waals surface area contributed by atoms with Crippen molar-refractivity contribution in [3.63, 3.8) is 0 Å². The summed E-state index contributed by atoms with van der Waals surface area (Å²) in [6.45, 7) is 0. The molecule has 12 nitrogen and oxygen atoms in total. The van der Waals surface area contributed by atoms with Crippen LogP contribution in [0.25, 0.3) is 0 Å². The lowest BCUT2D eigenvalue weighted by atomic mass is 10.2. The van der Waals surface area contributed by atoms with Gasteiger partial charge in [0.1, 0.15) is 11.4 Å². The Morgan fingerprint density at radius 3 is 1.11 bits per heavy atom. The highest BCUT2D eigenvalue weighted by Gasteiger charge is 2.29. The molecule has 0 fully saturated rings. The topological polar surface area (TPSA) is 215 Å². The lowest BCUT2D eigenvalue weighted by Crippen LogP contribution is -2.39. The van der Waals surface area contributed by atoms with Gasteiger partial charge in [0.15, 0.2) is 12.2 Å². The van der Waals surface area contributed by atoms with Crippen molar-refractivity contribution in [1.82, 2.24) is 9.97 Å². The van der Waals surface area contributed by atoms with E-state index in [4.69, 9.17) is 30.6 Å². The molecule has 0 saturated carbocycles. The Hall–Kier alpha value is -3.90. The van der Waals surface area contributed by atoms with E-state index in [9.17, 15) is 19.2 Å². The SMILES string of the molecule is O=C(O)C(O)C(O)C(=O)O.O=C(O)c1ccccn1.O=C(O)c1ccccn1. The van der Waals surface area contributed by atoms with E-state index in [1.165, 1.54) is 24.5 Å². The second kappa shape index (κ2) is 12.5. The minimum Gasteiger partial charge on any atom is -0.479 e. The Labute approximate surface area is 157 Å². The van der Waals surface area contributed by atoms with Crippen LogP contribution in [0.4, 0.5) is 0 Å². The monoisotopic (exact) mass is 396 g/mol. The summed E-state index contributed by atoms with van der Waals surface area (Å²) in [5, 5.41) is 49.2. The van der Waals surface area contributed by atoms with Gasteiger partial charge in [-0.05, 0) is 24.3 Å². The fraction of sp³-hybridized carbons (Fsp3) is 0.125. The molecule has 6 N–H and O–H groups in total. The van der Waals surface area contributed by atoms with Crippen LogP contribution < -0.4 is 0 Å². The van der Waals surface area contributed by atoms with Crippen molar-refractivity contribution in [3.05, 3.63) is 60.2 Å². The molecule has 0 aromatic carbocycles. The number of pyridine rings is 2. The van der Waals surface area contributed by atoms with E-state index in [1.807, 2.05) is 0 Å². The van der Waals surface area contributed by atoms with Gasteiger partial charge in [0.25, 0.3) is 0 Å². The van der Waals surface area contributed by atoms with Crippen molar-refractivity contribution in [2.75, 3.05) is 0 Å². The first-order chi connectivity index (χ1) is 13.1. The van der Waals surface area contributed by atoms with Crippen LogP contribution in [0, 0.1) is 0 Å². The molecule has 2 aromatic heterocycles. The van der Waals surface area contributed by atoms with E-state index in [0.717, 1.165) is 0 Å². The third-order valence-corrected chi connectivity index (χ3v) is 2.57. The molecule has 0 spiro atoms. The Kier molecular flexibility index (Phi) is 10.7. The summed E-state index contributed by atoms with van der Waals surface area (Å²) >= 11 is 0. The van der Waals surface area contributed by atoms with Gasteiger partial charge in [-0.2, -0.15) is 0 Å². The second-order valence-corrected chi connectivity index (χ2v) is 4.61. The highest BCUT2D eigenvalue weighted by Crippen LogP contribution is 1.93. The van der Waals surface area contributed by atoms with Gasteiger partial charge in [-0.1, -0.05) is 12.1 Å². The van der Waals surface area contributed by atoms with E-state index in [-0.39, 0.29) is 11.4 Å². The number of aromatic carboxylic acids is 2. The molecule has 0 aliphatic heterocycles. The van der Waals surface area contributed by atoms with Crippen LogP contribution in [-0.2, 0) is 9.59 Å². The van der Waals surface area contributed by atoms with Crippen molar-refractivity contribution in [2.24, 2.45) is 0 Å². The van der Waals surface area contributed by atoms with Crippen LogP contribution in [0.1, 0.15) is 21.0 Å². The van der Waals surface area contributed by atoms with Crippen LogP contribution in [0.5, 0.6) is 0 Å². The molecule has 0 saturated heterocycles. The van der Waals surface area contributed by atoms with E-state index in [0.29, 0.717) is 0 Å². The maximum atomic E-state index is 10.1. The fourth-order valence-electron chi connectivity index (χ4n) is 1.25. The summed E-state index contributed by atoms with van der Waals surface area (Å²) in [6, 6.07) is 9.51. The average Bonchev–Trinajstić information content (AvgIpc) is 2.69. The van der Waals surface area contributed by atoms with Crippen LogP contribution in [0.2, 0.25) is 0 Å². The number of hydrogen-bond donors (Lipinski definition) is 6. The molecule has 150 valence electrons. The molecule has 2 heterocycles. The highest BCUT2D eigenvalue weighted by atomic mass is 16.4. The van der Waals surface area contributed by atoms with Crippen LogP contribution in [0.3, 0.4) is 0 Å². The predicted molar refractivity (Wildman–Crippen MR) is 89.7 cm³/mol. The van der Waals surface area contributed by atoms with E-state index >= 15 is 0 Å². The lowest BCUT2D eigenvalue weighted by molar-refractivity contribution is -0.165. The third-order valence-electron chi connectivity index (χ3n) is 2.57. The standard InChI is InChI=1S/2C6H5NO2.C4H6O6/c2*8-6(9)5-3-1-2-4-7-5;5-1(3(7)8)2(6)4(9)10/h2*1-4H,(H,8,9);1-2,5-6H,(H,7,8)(H,9,10). The molecule has 2 atom stereocenters. The quantitative estimate of drug-likeness (QED) is 0.375. The highest BCUT2D eigenvalue weighted by molar-refractivity contribution is 5.85. The van der Waals surface area contributed by atoms with Crippen molar-refractivity contribution >= 4 is 23.9 Å². The molecule has 0 radical (unpaired) electrons. The summed E-state index contributed by atoms with van der Waals surface area (Å²) in [6.07, 6.45) is -1.64. The first-order valence-electron chi connectivity index (χ1n) is 7.18. The number of rotatable bonds is 5. The minimum absolute atomic E-state index is 0.0810. The summed E-state index contributed by atoms with van der Waals surface area (Å²) in [4.78, 5) is 47.0. The first kappa shape index (κ1) is 24.1. The number of carboxylic acid groups (broad SMARTS) is 4. The molecule has 2 unspecified atom stereocenters. The molecule has 0 amide bonds. The molecule has 2 rings (SSSR count). The molecular weight excluding hydrogens is 380 g/mol. The van der Waals surface area contributed by atoms with E-state index in [2.05, 4.69) is 9.97 Å². The number of nitrogens with zero attached hydrogens (tertiary/aromatic N) is 2. The average molecular weight is 396 g/mol. The normalized spacial score (nSPS) is 11.4. The van der Waals surface area contributed by atoms with E-state index in [1.54, 1.807) is 24.3 Å². The van der Waals surface area contributed by atoms with Crippen molar-refractivity contribution in [1.29, 1.82) is 0 Å². The zero-order chi connectivity index (χ0) is 21.7. The van der Waals surface area contributed by atoms with Gasteiger partial charge in [-0.25, -0.2) is 29.1 Å². The van der Waals surface area contributed by atoms with Gasteiger partial charge in [0, 0.05) is 12.4 Å². The summed E-state index contributed by atoms with van der Waals surface area (Å²) < 4.78 is 0. The van der Waals surface area contributed by atoms with Gasteiger partial charge < -0.3 is 30.6 Å². The number of aliphatic hydroxyl groups is 2. The molecule has 0 aliphatic carbocycles. The number of aliphatic hydroxyl groups excluding tert-OH is 2. The maximum Gasteiger partial charge on any atom is 0.354 e. The smallest absolute Gasteiger partial charge is 0.354 e. The number of hydrogen-bond acceptors (Lipinski definition) is 8. The van der Waals surface area contributed by atoms with Crippen LogP contribution in [0.15, 0.2) is 48.8 Å². The van der Waals surface area contributed by atoms with Gasteiger partial charge in [0.05, 0.1) is 0 Å². The molecular formula is C16H16N2O10. The number of aliphatic carboxylic acids is 2.